The van der Waals surface area contributed by atoms with Crippen LogP contribution < -0.4 is 5.32 Å². The average molecular weight is 297 g/mol. The van der Waals surface area contributed by atoms with Crippen LogP contribution in [0.15, 0.2) is 24.3 Å². The molecule has 0 radical (unpaired) electrons. The predicted octanol–water partition coefficient (Wildman–Crippen LogP) is 2.10. The molecule has 0 aliphatic rings. The molecular weight excluding hydrogens is 270 g/mol. The summed E-state index contributed by atoms with van der Waals surface area (Å²) in [5.74, 6) is 0. The third kappa shape index (κ3) is 10.3. The molecule has 0 aliphatic heterocycles. The smallest absolute Gasteiger partial charge is 0.0701 e. The van der Waals surface area contributed by atoms with Crippen molar-refractivity contribution in [2.24, 2.45) is 0 Å². The highest BCUT2D eigenvalue weighted by Gasteiger charge is 1.93. The fourth-order valence-corrected chi connectivity index (χ4v) is 1.62. The largest absolute Gasteiger partial charge is 0.383 e. The lowest BCUT2D eigenvalue weighted by Gasteiger charge is -2.08. The zero-order valence-corrected chi connectivity index (χ0v) is 13.1. The SMILES string of the molecule is COCCOCCOCCOCCNc1ccc(C)cc1. The quantitative estimate of drug-likeness (QED) is 0.565. The molecule has 0 atom stereocenters. The summed E-state index contributed by atoms with van der Waals surface area (Å²) < 4.78 is 21.0. The molecule has 0 aliphatic carbocycles. The second kappa shape index (κ2) is 12.6. The first kappa shape index (κ1) is 17.9. The zero-order chi connectivity index (χ0) is 15.2. The average Bonchev–Trinajstić information content (AvgIpc) is 2.50. The summed E-state index contributed by atoms with van der Waals surface area (Å²) in [6.45, 7) is 7.16. The Bertz CT molecular complexity index is 343. The topological polar surface area (TPSA) is 49.0 Å². The number of aryl methyl sites for hydroxylation is 1. The standard InChI is InChI=1S/C16H27NO4/c1-15-3-5-16(6-4-15)17-7-8-19-11-12-21-14-13-20-10-9-18-2/h3-6,17H,7-14H2,1-2H3. The fraction of sp³-hybridized carbons (Fsp3) is 0.625. The van der Waals surface area contributed by atoms with Crippen LogP contribution in [0.25, 0.3) is 0 Å². The molecule has 120 valence electrons. The van der Waals surface area contributed by atoms with Crippen LogP contribution in [-0.2, 0) is 18.9 Å². The third-order valence-corrected chi connectivity index (χ3v) is 2.80. The van der Waals surface area contributed by atoms with E-state index in [0.29, 0.717) is 46.2 Å². The van der Waals surface area contributed by atoms with E-state index in [-0.39, 0.29) is 0 Å². The van der Waals surface area contributed by atoms with Crippen molar-refractivity contribution < 1.29 is 18.9 Å². The Kier molecular flexibility index (Phi) is 10.7. The molecule has 1 aromatic rings. The van der Waals surface area contributed by atoms with Gasteiger partial charge in [0, 0.05) is 19.3 Å². The minimum absolute atomic E-state index is 0.592. The molecule has 0 aromatic heterocycles. The van der Waals surface area contributed by atoms with Gasteiger partial charge in [-0.05, 0) is 19.1 Å². The van der Waals surface area contributed by atoms with E-state index in [1.807, 2.05) is 0 Å². The number of hydrogen-bond acceptors (Lipinski definition) is 5. The number of benzene rings is 1. The van der Waals surface area contributed by atoms with E-state index in [1.165, 1.54) is 5.56 Å². The highest BCUT2D eigenvalue weighted by molar-refractivity contribution is 5.44. The van der Waals surface area contributed by atoms with Gasteiger partial charge in [-0.3, -0.25) is 0 Å². The minimum atomic E-state index is 0.592. The lowest BCUT2D eigenvalue weighted by Crippen LogP contribution is -2.14. The molecule has 0 bridgehead atoms. The van der Waals surface area contributed by atoms with E-state index in [4.69, 9.17) is 18.9 Å². The van der Waals surface area contributed by atoms with Crippen molar-refractivity contribution in [1.29, 1.82) is 0 Å². The highest BCUT2D eigenvalue weighted by atomic mass is 16.6. The van der Waals surface area contributed by atoms with Crippen molar-refractivity contribution in [2.45, 2.75) is 6.92 Å². The van der Waals surface area contributed by atoms with Gasteiger partial charge in [-0.2, -0.15) is 0 Å². The van der Waals surface area contributed by atoms with Crippen LogP contribution in [0.5, 0.6) is 0 Å². The summed E-state index contributed by atoms with van der Waals surface area (Å²) in [5.41, 5.74) is 2.38. The van der Waals surface area contributed by atoms with Crippen molar-refractivity contribution in [3.8, 4) is 0 Å². The van der Waals surface area contributed by atoms with Gasteiger partial charge >= 0.3 is 0 Å². The van der Waals surface area contributed by atoms with Crippen LogP contribution >= 0.6 is 0 Å². The maximum absolute atomic E-state index is 5.48. The van der Waals surface area contributed by atoms with Gasteiger partial charge in [0.05, 0.1) is 46.2 Å². The van der Waals surface area contributed by atoms with E-state index in [9.17, 15) is 0 Å². The van der Waals surface area contributed by atoms with Gasteiger partial charge in [-0.1, -0.05) is 17.7 Å². The number of methoxy groups -OCH3 is 1. The summed E-state index contributed by atoms with van der Waals surface area (Å²) in [6, 6.07) is 8.32. The molecule has 0 saturated heterocycles. The Balaban J connectivity index is 1.81. The summed E-state index contributed by atoms with van der Waals surface area (Å²) in [6.07, 6.45) is 0. The van der Waals surface area contributed by atoms with Gasteiger partial charge in [-0.15, -0.1) is 0 Å². The van der Waals surface area contributed by atoms with Crippen LogP contribution in [0.2, 0.25) is 0 Å². The number of anilines is 1. The van der Waals surface area contributed by atoms with Crippen LogP contribution in [0, 0.1) is 6.92 Å². The number of hydrogen-bond donors (Lipinski definition) is 1. The molecule has 1 N–H and O–H groups in total. The van der Waals surface area contributed by atoms with E-state index in [0.717, 1.165) is 12.2 Å². The first-order chi connectivity index (χ1) is 10.3. The van der Waals surface area contributed by atoms with Gasteiger partial charge in [0.25, 0.3) is 0 Å². The van der Waals surface area contributed by atoms with Gasteiger partial charge < -0.3 is 24.3 Å². The molecule has 0 heterocycles. The molecule has 1 aromatic carbocycles. The Morgan fingerprint density at radius 1 is 0.762 bits per heavy atom. The monoisotopic (exact) mass is 297 g/mol. The van der Waals surface area contributed by atoms with Gasteiger partial charge in [0.15, 0.2) is 0 Å². The minimum Gasteiger partial charge on any atom is -0.383 e. The lowest BCUT2D eigenvalue weighted by molar-refractivity contribution is 0.00495. The molecular formula is C16H27NO4. The maximum Gasteiger partial charge on any atom is 0.0701 e. The van der Waals surface area contributed by atoms with Crippen molar-refractivity contribution in [2.75, 3.05) is 65.2 Å². The van der Waals surface area contributed by atoms with Crippen LogP contribution in [0.3, 0.4) is 0 Å². The lowest BCUT2D eigenvalue weighted by atomic mass is 10.2. The number of nitrogens with one attached hydrogen (secondary N) is 1. The Morgan fingerprint density at radius 2 is 1.29 bits per heavy atom. The second-order valence-electron chi connectivity index (χ2n) is 4.62. The molecule has 0 spiro atoms. The number of rotatable bonds is 13. The van der Waals surface area contributed by atoms with Crippen LogP contribution in [0.1, 0.15) is 5.56 Å². The fourth-order valence-electron chi connectivity index (χ4n) is 1.62. The van der Waals surface area contributed by atoms with E-state index >= 15 is 0 Å². The Hall–Kier alpha value is -1.14. The van der Waals surface area contributed by atoms with Crippen molar-refractivity contribution in [3.63, 3.8) is 0 Å². The molecule has 1 rings (SSSR count). The summed E-state index contributed by atoms with van der Waals surface area (Å²) in [7, 11) is 1.66. The molecule has 21 heavy (non-hydrogen) atoms. The first-order valence-corrected chi connectivity index (χ1v) is 7.35. The summed E-state index contributed by atoms with van der Waals surface area (Å²) >= 11 is 0. The van der Waals surface area contributed by atoms with Crippen LogP contribution in [0.4, 0.5) is 5.69 Å². The summed E-state index contributed by atoms with van der Waals surface area (Å²) in [4.78, 5) is 0. The van der Waals surface area contributed by atoms with Crippen molar-refractivity contribution >= 4 is 5.69 Å². The third-order valence-electron chi connectivity index (χ3n) is 2.80. The van der Waals surface area contributed by atoms with Crippen molar-refractivity contribution in [3.05, 3.63) is 29.8 Å². The Labute approximate surface area is 127 Å². The molecule has 0 unspecified atom stereocenters. The van der Waals surface area contributed by atoms with E-state index in [1.54, 1.807) is 7.11 Å². The summed E-state index contributed by atoms with van der Waals surface area (Å²) in [5, 5.41) is 3.30. The molecule has 5 nitrogen and oxygen atoms in total. The second-order valence-corrected chi connectivity index (χ2v) is 4.62. The van der Waals surface area contributed by atoms with Gasteiger partial charge in [-0.25, -0.2) is 0 Å². The normalized spacial score (nSPS) is 10.8. The van der Waals surface area contributed by atoms with Crippen molar-refractivity contribution in [1.82, 2.24) is 0 Å². The molecule has 0 amide bonds. The Morgan fingerprint density at radius 3 is 1.86 bits per heavy atom. The maximum atomic E-state index is 5.48. The molecule has 0 saturated carbocycles. The van der Waals surface area contributed by atoms with Gasteiger partial charge in [0.1, 0.15) is 0 Å². The number of ether oxygens (including phenoxy) is 4. The predicted molar refractivity (Wildman–Crippen MR) is 84.0 cm³/mol. The van der Waals surface area contributed by atoms with Crippen LogP contribution in [-0.4, -0.2) is 59.9 Å². The molecule has 5 heteroatoms. The first-order valence-electron chi connectivity index (χ1n) is 7.35. The zero-order valence-electron chi connectivity index (χ0n) is 13.1. The highest BCUT2D eigenvalue weighted by Crippen LogP contribution is 2.07. The molecule has 0 fully saturated rings. The van der Waals surface area contributed by atoms with Gasteiger partial charge in [0.2, 0.25) is 0 Å². The van der Waals surface area contributed by atoms with E-state index in [2.05, 4.69) is 36.5 Å². The van der Waals surface area contributed by atoms with E-state index < -0.39 is 0 Å².